The van der Waals surface area contributed by atoms with Crippen molar-refractivity contribution >= 4 is 5.96 Å². The minimum absolute atomic E-state index is 0.477. The molecule has 0 amide bonds. The lowest BCUT2D eigenvalue weighted by atomic mass is 10.1. The first-order valence-corrected chi connectivity index (χ1v) is 7.07. The molecule has 18 heavy (non-hydrogen) atoms. The van der Waals surface area contributed by atoms with E-state index in [1.54, 1.807) is 0 Å². The van der Waals surface area contributed by atoms with Crippen molar-refractivity contribution in [2.24, 2.45) is 16.8 Å². The number of hydrogen-bond acceptors (Lipinski definition) is 3. The Labute approximate surface area is 110 Å². The Hall–Kier alpha value is -0.810. The van der Waals surface area contributed by atoms with E-state index in [2.05, 4.69) is 36.2 Å². The van der Waals surface area contributed by atoms with Gasteiger partial charge < -0.3 is 9.80 Å². The third-order valence-corrected chi connectivity index (χ3v) is 4.29. The van der Waals surface area contributed by atoms with Crippen LogP contribution >= 0.6 is 0 Å². The Morgan fingerprint density at radius 3 is 2.44 bits per heavy atom. The number of nitrogens with one attached hydrogen (secondary N) is 1. The minimum Gasteiger partial charge on any atom is -0.340 e. The second kappa shape index (κ2) is 5.89. The number of likely N-dealkylation sites (tertiary alicyclic amines) is 1. The van der Waals surface area contributed by atoms with E-state index in [1.807, 2.05) is 0 Å². The highest BCUT2D eigenvalue weighted by Gasteiger charge is 2.33. The molecule has 0 bridgehead atoms. The maximum absolute atomic E-state index is 5.66. The van der Waals surface area contributed by atoms with Crippen LogP contribution in [0.2, 0.25) is 0 Å². The average molecular weight is 253 g/mol. The third-order valence-electron chi connectivity index (χ3n) is 4.29. The fraction of sp³-hybridized carbons (Fsp3) is 0.923. The van der Waals surface area contributed by atoms with Crippen molar-refractivity contribution in [1.82, 2.24) is 15.2 Å². The van der Waals surface area contributed by atoms with E-state index < -0.39 is 0 Å². The van der Waals surface area contributed by atoms with Crippen LogP contribution in [0, 0.1) is 5.92 Å². The van der Waals surface area contributed by atoms with Crippen LogP contribution in [0.3, 0.4) is 0 Å². The summed E-state index contributed by atoms with van der Waals surface area (Å²) < 4.78 is 0. The quantitative estimate of drug-likeness (QED) is 0.328. The molecule has 0 radical (unpaired) electrons. The summed E-state index contributed by atoms with van der Waals surface area (Å²) in [6.07, 6.45) is 5.04. The molecule has 104 valence electrons. The van der Waals surface area contributed by atoms with Gasteiger partial charge in [-0.1, -0.05) is 19.8 Å². The van der Waals surface area contributed by atoms with Crippen LogP contribution < -0.4 is 11.3 Å². The van der Waals surface area contributed by atoms with Crippen molar-refractivity contribution in [2.45, 2.75) is 44.7 Å². The molecule has 1 saturated carbocycles. The van der Waals surface area contributed by atoms with Gasteiger partial charge in [0.2, 0.25) is 5.96 Å². The monoisotopic (exact) mass is 253 g/mol. The van der Waals surface area contributed by atoms with Crippen molar-refractivity contribution in [3.05, 3.63) is 0 Å². The number of nitrogens with two attached hydrogens (primary N) is 1. The molecule has 0 aromatic rings. The highest BCUT2D eigenvalue weighted by atomic mass is 15.4. The summed E-state index contributed by atoms with van der Waals surface area (Å²) in [5.41, 5.74) is 2.81. The van der Waals surface area contributed by atoms with Gasteiger partial charge in [0.05, 0.1) is 6.04 Å². The van der Waals surface area contributed by atoms with E-state index in [9.17, 15) is 0 Å². The molecule has 1 aliphatic carbocycles. The fourth-order valence-electron chi connectivity index (χ4n) is 3.21. The predicted octanol–water partition coefficient (Wildman–Crippen LogP) is 0.630. The number of guanidine groups is 1. The van der Waals surface area contributed by atoms with Crippen molar-refractivity contribution in [3.8, 4) is 0 Å². The van der Waals surface area contributed by atoms with Crippen LogP contribution in [0.5, 0.6) is 0 Å². The molecule has 3 N–H and O–H groups in total. The normalized spacial score (nSPS) is 30.5. The first-order valence-electron chi connectivity index (χ1n) is 7.07. The van der Waals surface area contributed by atoms with E-state index in [-0.39, 0.29) is 0 Å². The van der Waals surface area contributed by atoms with Gasteiger partial charge in [-0.2, -0.15) is 0 Å². The predicted molar refractivity (Wildman–Crippen MR) is 75.2 cm³/mol. The molecule has 0 spiro atoms. The molecule has 2 fully saturated rings. The Morgan fingerprint density at radius 1 is 1.28 bits per heavy atom. The smallest absolute Gasteiger partial charge is 0.208 e. The number of nitrogens with zero attached hydrogens (tertiary/aromatic N) is 3. The van der Waals surface area contributed by atoms with E-state index in [1.165, 1.54) is 25.7 Å². The summed E-state index contributed by atoms with van der Waals surface area (Å²) in [5.74, 6) is 7.20. The lowest BCUT2D eigenvalue weighted by molar-refractivity contribution is 0.262. The zero-order chi connectivity index (χ0) is 13.1. The van der Waals surface area contributed by atoms with E-state index in [0.29, 0.717) is 18.0 Å². The van der Waals surface area contributed by atoms with Crippen molar-refractivity contribution in [2.75, 3.05) is 27.2 Å². The van der Waals surface area contributed by atoms with Gasteiger partial charge in [0.1, 0.15) is 0 Å². The topological polar surface area (TPSA) is 56.9 Å². The average Bonchev–Trinajstić information content (AvgIpc) is 2.94. The van der Waals surface area contributed by atoms with E-state index in [4.69, 9.17) is 10.8 Å². The molecule has 1 saturated heterocycles. The molecular formula is C13H27N5. The first-order chi connectivity index (χ1) is 8.61. The second-order valence-electron chi connectivity index (χ2n) is 5.95. The number of aliphatic imine (C=N–C) groups is 1. The number of likely N-dealkylation sites (N-methyl/N-ethyl adjacent to an activating group) is 1. The lowest BCUT2D eigenvalue weighted by Crippen LogP contribution is -2.45. The van der Waals surface area contributed by atoms with E-state index in [0.717, 1.165) is 19.0 Å². The van der Waals surface area contributed by atoms with Crippen molar-refractivity contribution in [1.29, 1.82) is 0 Å². The highest BCUT2D eigenvalue weighted by Crippen LogP contribution is 2.23. The first kappa shape index (κ1) is 13.6. The molecule has 2 rings (SSSR count). The molecule has 2 unspecified atom stereocenters. The summed E-state index contributed by atoms with van der Waals surface area (Å²) in [6.45, 7) is 4.36. The number of rotatable bonds is 2. The zero-order valence-corrected chi connectivity index (χ0v) is 11.9. The second-order valence-corrected chi connectivity index (χ2v) is 5.95. The van der Waals surface area contributed by atoms with Gasteiger partial charge in [-0.15, -0.1) is 0 Å². The third kappa shape index (κ3) is 2.95. The molecular weight excluding hydrogens is 226 g/mol. The van der Waals surface area contributed by atoms with Gasteiger partial charge in [-0.3, -0.25) is 5.43 Å². The Bertz CT molecular complexity index is 296. The van der Waals surface area contributed by atoms with Gasteiger partial charge in [-0.25, -0.2) is 10.8 Å². The fourth-order valence-corrected chi connectivity index (χ4v) is 3.21. The van der Waals surface area contributed by atoms with Gasteiger partial charge in [-0.05, 0) is 32.9 Å². The largest absolute Gasteiger partial charge is 0.340 e. The van der Waals surface area contributed by atoms with Gasteiger partial charge in [0.25, 0.3) is 0 Å². The number of hydrogen-bond donors (Lipinski definition) is 2. The van der Waals surface area contributed by atoms with Gasteiger partial charge in [0.15, 0.2) is 0 Å². The summed E-state index contributed by atoms with van der Waals surface area (Å²) in [5, 5.41) is 0. The molecule has 0 aromatic carbocycles. The molecule has 2 atom stereocenters. The zero-order valence-electron chi connectivity index (χ0n) is 11.9. The molecule has 5 heteroatoms. The lowest BCUT2D eigenvalue weighted by Gasteiger charge is -2.23. The maximum Gasteiger partial charge on any atom is 0.208 e. The van der Waals surface area contributed by atoms with Crippen LogP contribution in [-0.4, -0.2) is 55.0 Å². The van der Waals surface area contributed by atoms with Crippen LogP contribution in [-0.2, 0) is 0 Å². The van der Waals surface area contributed by atoms with Crippen LogP contribution in [0.15, 0.2) is 4.99 Å². The molecule has 1 aliphatic heterocycles. The summed E-state index contributed by atoms with van der Waals surface area (Å²) in [4.78, 5) is 9.39. The molecule has 0 aromatic heterocycles. The van der Waals surface area contributed by atoms with Crippen molar-refractivity contribution < 1.29 is 0 Å². The molecule has 1 heterocycles. The Kier molecular flexibility index (Phi) is 4.45. The summed E-state index contributed by atoms with van der Waals surface area (Å²) in [7, 11) is 4.29. The Balaban J connectivity index is 2.00. The van der Waals surface area contributed by atoms with Gasteiger partial charge >= 0.3 is 0 Å². The Morgan fingerprint density at radius 2 is 1.94 bits per heavy atom. The van der Waals surface area contributed by atoms with Gasteiger partial charge in [0, 0.05) is 19.1 Å². The summed E-state index contributed by atoms with van der Waals surface area (Å²) >= 11 is 0. The summed E-state index contributed by atoms with van der Waals surface area (Å²) in [6, 6.07) is 1.07. The number of hydrazine groups is 1. The van der Waals surface area contributed by atoms with E-state index >= 15 is 0 Å². The van der Waals surface area contributed by atoms with Crippen molar-refractivity contribution in [3.63, 3.8) is 0 Å². The SMILES string of the molecule is CC1CN(C(=NC2CCCC2)NN)CC1N(C)C. The standard InChI is InChI=1S/C13H27N5/c1-10-8-18(9-12(10)17(2)3)13(16-14)15-11-6-4-5-7-11/h10-12H,4-9,14H2,1-3H3,(H,15,16). The highest BCUT2D eigenvalue weighted by molar-refractivity contribution is 5.80. The van der Waals surface area contributed by atoms with Crippen LogP contribution in [0.4, 0.5) is 0 Å². The van der Waals surface area contributed by atoms with Crippen LogP contribution in [0.1, 0.15) is 32.6 Å². The molecule has 5 nitrogen and oxygen atoms in total. The molecule has 2 aliphatic rings. The maximum atomic E-state index is 5.66. The van der Waals surface area contributed by atoms with Crippen LogP contribution in [0.25, 0.3) is 0 Å². The minimum atomic E-state index is 0.477.